The zero-order valence-electron chi connectivity index (χ0n) is 12.9. The van der Waals surface area contributed by atoms with Crippen molar-refractivity contribution in [2.75, 3.05) is 32.1 Å². The molecule has 124 valence electrons. The quantitative estimate of drug-likeness (QED) is 0.380. The molecular formula is C15H23BrIN3OS. The first-order valence-corrected chi connectivity index (χ1v) is 8.93. The van der Waals surface area contributed by atoms with E-state index in [1.165, 1.54) is 5.56 Å². The highest BCUT2D eigenvalue weighted by molar-refractivity contribution is 14.0. The molecule has 0 spiro atoms. The molecular weight excluding hydrogens is 477 g/mol. The van der Waals surface area contributed by atoms with E-state index in [0.717, 1.165) is 34.9 Å². The van der Waals surface area contributed by atoms with Crippen molar-refractivity contribution in [2.24, 2.45) is 4.99 Å². The summed E-state index contributed by atoms with van der Waals surface area (Å²) in [6.07, 6.45) is 0.845. The molecule has 0 aliphatic carbocycles. The van der Waals surface area contributed by atoms with Crippen LogP contribution in [0.2, 0.25) is 0 Å². The third-order valence-electron chi connectivity index (χ3n) is 3.56. The van der Waals surface area contributed by atoms with Crippen LogP contribution in [-0.4, -0.2) is 53.7 Å². The van der Waals surface area contributed by atoms with Crippen molar-refractivity contribution in [1.82, 2.24) is 10.2 Å². The van der Waals surface area contributed by atoms with Gasteiger partial charge >= 0.3 is 0 Å². The van der Waals surface area contributed by atoms with Crippen LogP contribution in [0, 0.1) is 0 Å². The first-order chi connectivity index (χ1) is 10.0. The number of halogens is 2. The molecule has 0 saturated carbocycles. The summed E-state index contributed by atoms with van der Waals surface area (Å²) in [7, 11) is 3.78. The second-order valence-corrected chi connectivity index (χ2v) is 7.43. The Labute approximate surface area is 162 Å². The number of rotatable bonds is 4. The van der Waals surface area contributed by atoms with E-state index >= 15 is 0 Å². The van der Waals surface area contributed by atoms with E-state index in [2.05, 4.69) is 43.3 Å². The van der Waals surface area contributed by atoms with Gasteiger partial charge in [0.1, 0.15) is 0 Å². The van der Waals surface area contributed by atoms with Gasteiger partial charge < -0.3 is 15.3 Å². The first kappa shape index (κ1) is 20.1. The predicted molar refractivity (Wildman–Crippen MR) is 109 cm³/mol. The molecule has 1 aromatic carbocycles. The van der Waals surface area contributed by atoms with E-state index in [1.54, 1.807) is 18.8 Å². The second-order valence-electron chi connectivity index (χ2n) is 5.41. The summed E-state index contributed by atoms with van der Waals surface area (Å²) in [5.74, 6) is 2.64. The minimum Gasteiger partial charge on any atom is -0.387 e. The van der Waals surface area contributed by atoms with Crippen LogP contribution >= 0.6 is 51.7 Å². The van der Waals surface area contributed by atoms with Gasteiger partial charge in [-0.15, -0.1) is 24.0 Å². The van der Waals surface area contributed by atoms with Crippen molar-refractivity contribution in [2.45, 2.75) is 18.6 Å². The molecule has 0 aromatic heterocycles. The summed E-state index contributed by atoms with van der Waals surface area (Å²) in [4.78, 5) is 6.36. The van der Waals surface area contributed by atoms with Crippen LogP contribution in [0.25, 0.3) is 0 Å². The lowest BCUT2D eigenvalue weighted by Gasteiger charge is -2.27. The predicted octanol–water partition coefficient (Wildman–Crippen LogP) is 2.94. The van der Waals surface area contributed by atoms with E-state index in [-0.39, 0.29) is 24.0 Å². The zero-order chi connectivity index (χ0) is 15.3. The Hall–Kier alpha value is 0.01000. The Morgan fingerprint density at radius 2 is 2.14 bits per heavy atom. The maximum Gasteiger partial charge on any atom is 0.193 e. The number of nitrogens with zero attached hydrogens (tertiary/aromatic N) is 2. The molecule has 0 amide bonds. The first-order valence-electron chi connectivity index (χ1n) is 6.99. The molecule has 1 atom stereocenters. The standard InChI is InChI=1S/C15H22BrN3OS.HI/c1-17-14(18-10-15(20)7-8-21-11-15)19(2)9-12-3-5-13(16)6-4-12;/h3-6,20H,7-11H2,1-2H3,(H,17,18);1H. The van der Waals surface area contributed by atoms with Crippen LogP contribution in [0.5, 0.6) is 0 Å². The summed E-state index contributed by atoms with van der Waals surface area (Å²) in [5.41, 5.74) is 0.623. The van der Waals surface area contributed by atoms with Crippen LogP contribution in [0.15, 0.2) is 33.7 Å². The van der Waals surface area contributed by atoms with Crippen LogP contribution in [0.3, 0.4) is 0 Å². The van der Waals surface area contributed by atoms with Crippen LogP contribution in [-0.2, 0) is 6.54 Å². The third kappa shape index (κ3) is 5.90. The molecule has 1 fully saturated rings. The lowest BCUT2D eigenvalue weighted by Crippen LogP contribution is -2.47. The van der Waals surface area contributed by atoms with Gasteiger partial charge in [0.05, 0.1) is 5.60 Å². The zero-order valence-corrected chi connectivity index (χ0v) is 17.6. The number of thioether (sulfide) groups is 1. The van der Waals surface area contributed by atoms with Gasteiger partial charge in [-0.05, 0) is 29.9 Å². The third-order valence-corrected chi connectivity index (χ3v) is 5.33. The number of aliphatic imine (C=N–C) groups is 1. The number of aliphatic hydroxyl groups is 1. The van der Waals surface area contributed by atoms with Crippen LogP contribution in [0.1, 0.15) is 12.0 Å². The van der Waals surface area contributed by atoms with Gasteiger partial charge in [0.15, 0.2) is 5.96 Å². The van der Waals surface area contributed by atoms with Gasteiger partial charge in [-0.2, -0.15) is 11.8 Å². The summed E-state index contributed by atoms with van der Waals surface area (Å²) >= 11 is 5.25. The number of hydrogen-bond acceptors (Lipinski definition) is 3. The Balaban J connectivity index is 0.00000242. The number of guanidine groups is 1. The summed E-state index contributed by atoms with van der Waals surface area (Å²) in [5, 5.41) is 13.7. The molecule has 2 rings (SSSR count). The lowest BCUT2D eigenvalue weighted by molar-refractivity contribution is 0.0718. The fourth-order valence-electron chi connectivity index (χ4n) is 2.30. The van der Waals surface area contributed by atoms with E-state index in [1.807, 2.05) is 19.2 Å². The Kier molecular flexibility index (Phi) is 8.52. The average Bonchev–Trinajstić information content (AvgIpc) is 2.89. The molecule has 2 N–H and O–H groups in total. The summed E-state index contributed by atoms with van der Waals surface area (Å²) in [6.45, 7) is 1.33. The fraction of sp³-hybridized carbons (Fsp3) is 0.533. The van der Waals surface area contributed by atoms with E-state index < -0.39 is 5.60 Å². The van der Waals surface area contributed by atoms with Crippen molar-refractivity contribution in [3.8, 4) is 0 Å². The van der Waals surface area contributed by atoms with Crippen LogP contribution in [0.4, 0.5) is 0 Å². The SMILES string of the molecule is CN=C(NCC1(O)CCSC1)N(C)Cc1ccc(Br)cc1.I. The summed E-state index contributed by atoms with van der Waals surface area (Å²) in [6, 6.07) is 8.26. The molecule has 4 nitrogen and oxygen atoms in total. The van der Waals surface area contributed by atoms with Crippen molar-refractivity contribution < 1.29 is 5.11 Å². The molecule has 1 unspecified atom stereocenters. The average molecular weight is 500 g/mol. The minimum atomic E-state index is -0.598. The normalized spacial score (nSPS) is 21.4. The molecule has 1 aliphatic rings. The molecule has 0 radical (unpaired) electrons. The number of nitrogens with one attached hydrogen (secondary N) is 1. The molecule has 22 heavy (non-hydrogen) atoms. The number of hydrogen-bond donors (Lipinski definition) is 2. The fourth-order valence-corrected chi connectivity index (χ4v) is 3.86. The second kappa shape index (κ2) is 9.34. The Morgan fingerprint density at radius 1 is 1.45 bits per heavy atom. The monoisotopic (exact) mass is 499 g/mol. The van der Waals surface area contributed by atoms with E-state index in [9.17, 15) is 5.11 Å². The van der Waals surface area contributed by atoms with Crippen molar-refractivity contribution in [1.29, 1.82) is 0 Å². The van der Waals surface area contributed by atoms with Crippen molar-refractivity contribution in [3.63, 3.8) is 0 Å². The van der Waals surface area contributed by atoms with Gasteiger partial charge in [0.25, 0.3) is 0 Å². The molecule has 1 aliphatic heterocycles. The van der Waals surface area contributed by atoms with Gasteiger partial charge in [-0.1, -0.05) is 28.1 Å². The highest BCUT2D eigenvalue weighted by Crippen LogP contribution is 2.27. The Morgan fingerprint density at radius 3 is 2.68 bits per heavy atom. The summed E-state index contributed by atoms with van der Waals surface area (Å²) < 4.78 is 1.08. The van der Waals surface area contributed by atoms with Crippen LogP contribution < -0.4 is 5.32 Å². The highest BCUT2D eigenvalue weighted by atomic mass is 127. The highest BCUT2D eigenvalue weighted by Gasteiger charge is 2.31. The molecule has 1 heterocycles. The lowest BCUT2D eigenvalue weighted by atomic mass is 10.0. The van der Waals surface area contributed by atoms with Gasteiger partial charge in [0, 0.05) is 37.4 Å². The Bertz CT molecular complexity index is 492. The van der Waals surface area contributed by atoms with Crippen molar-refractivity contribution in [3.05, 3.63) is 34.3 Å². The van der Waals surface area contributed by atoms with Gasteiger partial charge in [0.2, 0.25) is 0 Å². The molecule has 1 saturated heterocycles. The maximum atomic E-state index is 10.4. The van der Waals surface area contributed by atoms with Gasteiger partial charge in [-0.3, -0.25) is 4.99 Å². The minimum absolute atomic E-state index is 0. The van der Waals surface area contributed by atoms with Gasteiger partial charge in [-0.25, -0.2) is 0 Å². The maximum absolute atomic E-state index is 10.4. The number of benzene rings is 1. The topological polar surface area (TPSA) is 47.9 Å². The smallest absolute Gasteiger partial charge is 0.193 e. The largest absolute Gasteiger partial charge is 0.387 e. The molecule has 7 heteroatoms. The molecule has 1 aromatic rings. The van der Waals surface area contributed by atoms with Crippen molar-refractivity contribution >= 4 is 57.6 Å². The molecule has 0 bridgehead atoms. The van der Waals surface area contributed by atoms with E-state index in [4.69, 9.17) is 0 Å². The van der Waals surface area contributed by atoms with E-state index in [0.29, 0.717) is 6.54 Å².